The molecule has 1 aromatic carbocycles. The van der Waals surface area contributed by atoms with Gasteiger partial charge in [0.1, 0.15) is 0 Å². The van der Waals surface area contributed by atoms with Gasteiger partial charge in [0.15, 0.2) is 5.16 Å². The van der Waals surface area contributed by atoms with Crippen LogP contribution in [0.2, 0.25) is 10.0 Å². The van der Waals surface area contributed by atoms with Gasteiger partial charge in [0.2, 0.25) is 5.91 Å². The lowest BCUT2D eigenvalue weighted by atomic mass is 10.2. The molecule has 0 saturated carbocycles. The Hall–Kier alpha value is -0.910. The van der Waals surface area contributed by atoms with Gasteiger partial charge in [0.05, 0.1) is 26.8 Å². The van der Waals surface area contributed by atoms with Crippen LogP contribution in [0.3, 0.4) is 0 Å². The second kappa shape index (κ2) is 7.11. The summed E-state index contributed by atoms with van der Waals surface area (Å²) in [5, 5.41) is 1.64. The first kappa shape index (κ1) is 17.4. The first-order valence-corrected chi connectivity index (χ1v) is 8.82. The van der Waals surface area contributed by atoms with Gasteiger partial charge in [-0.2, -0.15) is 0 Å². The lowest BCUT2D eigenvalue weighted by Gasteiger charge is -2.30. The van der Waals surface area contributed by atoms with Gasteiger partial charge in [-0.15, -0.1) is 0 Å². The lowest BCUT2D eigenvalue weighted by molar-refractivity contribution is -0.131. The van der Waals surface area contributed by atoms with Gasteiger partial charge in [-0.3, -0.25) is 4.79 Å². The van der Waals surface area contributed by atoms with Crippen LogP contribution in [0.4, 0.5) is 0 Å². The SMILES string of the molecule is CC(C)N(C(=O)CSc1nc2cc(Cl)c(Cl)cc2[nH]1)C(C)C. The molecule has 0 aliphatic carbocycles. The van der Waals surface area contributed by atoms with E-state index in [2.05, 4.69) is 9.97 Å². The molecule has 0 aliphatic rings. The van der Waals surface area contributed by atoms with Crippen molar-refractivity contribution in [3.8, 4) is 0 Å². The molecule has 2 rings (SSSR count). The topological polar surface area (TPSA) is 49.0 Å². The van der Waals surface area contributed by atoms with E-state index in [9.17, 15) is 4.79 Å². The van der Waals surface area contributed by atoms with Gasteiger partial charge < -0.3 is 9.88 Å². The number of nitrogens with one attached hydrogen (secondary N) is 1. The number of halogens is 2. The van der Waals surface area contributed by atoms with Crippen molar-refractivity contribution in [1.29, 1.82) is 0 Å². The molecule has 120 valence electrons. The van der Waals surface area contributed by atoms with Crippen molar-refractivity contribution in [2.24, 2.45) is 0 Å². The molecule has 0 unspecified atom stereocenters. The van der Waals surface area contributed by atoms with Crippen molar-refractivity contribution in [1.82, 2.24) is 14.9 Å². The Balaban J connectivity index is 2.10. The summed E-state index contributed by atoms with van der Waals surface area (Å²) in [4.78, 5) is 21.8. The molecule has 4 nitrogen and oxygen atoms in total. The number of rotatable bonds is 5. The Labute approximate surface area is 144 Å². The maximum atomic E-state index is 12.3. The Morgan fingerprint density at radius 3 is 2.41 bits per heavy atom. The molecule has 0 atom stereocenters. The van der Waals surface area contributed by atoms with Crippen molar-refractivity contribution >= 4 is 51.9 Å². The summed E-state index contributed by atoms with van der Waals surface area (Å²) in [6.07, 6.45) is 0. The third kappa shape index (κ3) is 3.89. The number of fused-ring (bicyclic) bond motifs is 1. The largest absolute Gasteiger partial charge is 0.337 e. The van der Waals surface area contributed by atoms with Crippen molar-refractivity contribution in [2.45, 2.75) is 44.9 Å². The zero-order valence-electron chi connectivity index (χ0n) is 13.0. The second-order valence-corrected chi connectivity index (χ2v) is 7.38. The smallest absolute Gasteiger partial charge is 0.233 e. The number of hydrogen-bond donors (Lipinski definition) is 1. The maximum absolute atomic E-state index is 12.3. The summed E-state index contributed by atoms with van der Waals surface area (Å²) in [7, 11) is 0. The summed E-state index contributed by atoms with van der Waals surface area (Å²) >= 11 is 13.4. The zero-order chi connectivity index (χ0) is 16.4. The number of H-pyrrole nitrogens is 1. The number of carbonyl (C=O) groups is 1. The molecule has 1 aromatic heterocycles. The predicted octanol–water partition coefficient (Wildman–Crippen LogP) is 4.61. The Morgan fingerprint density at radius 2 is 1.82 bits per heavy atom. The molecule has 7 heteroatoms. The average molecular weight is 360 g/mol. The molecule has 0 fully saturated rings. The number of amides is 1. The standard InChI is InChI=1S/C15H19Cl2N3OS/c1-8(2)20(9(3)4)14(21)7-22-15-18-12-5-10(16)11(17)6-13(12)19-15/h5-6,8-9H,7H2,1-4H3,(H,18,19). The monoisotopic (exact) mass is 359 g/mol. The van der Waals surface area contributed by atoms with E-state index in [1.165, 1.54) is 11.8 Å². The van der Waals surface area contributed by atoms with Gasteiger partial charge in [-0.1, -0.05) is 35.0 Å². The maximum Gasteiger partial charge on any atom is 0.233 e. The van der Waals surface area contributed by atoms with Gasteiger partial charge in [-0.05, 0) is 39.8 Å². The van der Waals surface area contributed by atoms with E-state index < -0.39 is 0 Å². The molecule has 0 bridgehead atoms. The fourth-order valence-corrected chi connectivity index (χ4v) is 3.50. The van der Waals surface area contributed by atoms with Crippen LogP contribution in [0.25, 0.3) is 11.0 Å². The van der Waals surface area contributed by atoms with Crippen molar-refractivity contribution in [2.75, 3.05) is 5.75 Å². The fourth-order valence-electron chi connectivity index (χ4n) is 2.43. The molecular weight excluding hydrogens is 341 g/mol. The van der Waals surface area contributed by atoms with E-state index >= 15 is 0 Å². The van der Waals surface area contributed by atoms with Crippen molar-refractivity contribution < 1.29 is 4.79 Å². The van der Waals surface area contributed by atoms with E-state index in [1.807, 2.05) is 32.6 Å². The number of imidazole rings is 1. The summed E-state index contributed by atoms with van der Waals surface area (Å²) in [6.45, 7) is 8.09. The van der Waals surface area contributed by atoms with Crippen molar-refractivity contribution in [3.63, 3.8) is 0 Å². The molecule has 0 radical (unpaired) electrons. The Bertz CT molecular complexity index is 638. The van der Waals surface area contributed by atoms with Crippen LogP contribution in [-0.2, 0) is 4.79 Å². The minimum atomic E-state index is 0.103. The van der Waals surface area contributed by atoms with Gasteiger partial charge in [0, 0.05) is 12.1 Å². The minimum absolute atomic E-state index is 0.103. The molecular formula is C15H19Cl2N3OS. The highest BCUT2D eigenvalue weighted by atomic mass is 35.5. The van der Waals surface area contributed by atoms with Crippen LogP contribution in [0, 0.1) is 0 Å². The molecule has 22 heavy (non-hydrogen) atoms. The predicted molar refractivity (Wildman–Crippen MR) is 94.0 cm³/mol. The number of nitrogens with zero attached hydrogens (tertiary/aromatic N) is 2. The van der Waals surface area contributed by atoms with Gasteiger partial charge >= 0.3 is 0 Å². The number of carbonyl (C=O) groups excluding carboxylic acids is 1. The quantitative estimate of drug-likeness (QED) is 0.793. The summed E-state index contributed by atoms with van der Waals surface area (Å²) in [5.41, 5.74) is 1.56. The van der Waals surface area contributed by atoms with Crippen LogP contribution < -0.4 is 0 Å². The molecule has 1 N–H and O–H groups in total. The number of benzene rings is 1. The van der Waals surface area contributed by atoms with E-state index in [4.69, 9.17) is 23.2 Å². The Morgan fingerprint density at radius 1 is 1.23 bits per heavy atom. The van der Waals surface area contributed by atoms with E-state index in [1.54, 1.807) is 12.1 Å². The van der Waals surface area contributed by atoms with Crippen LogP contribution in [0.15, 0.2) is 17.3 Å². The Kier molecular flexibility index (Phi) is 5.64. The molecule has 1 amide bonds. The lowest BCUT2D eigenvalue weighted by Crippen LogP contribution is -2.43. The normalized spacial score (nSPS) is 11.6. The third-order valence-electron chi connectivity index (χ3n) is 3.24. The van der Waals surface area contributed by atoms with E-state index in [0.717, 1.165) is 11.0 Å². The summed E-state index contributed by atoms with van der Waals surface area (Å²) < 4.78 is 0. The third-order valence-corrected chi connectivity index (χ3v) is 4.82. The van der Waals surface area contributed by atoms with Gasteiger partial charge in [0.25, 0.3) is 0 Å². The molecule has 0 saturated heterocycles. The van der Waals surface area contributed by atoms with Gasteiger partial charge in [-0.25, -0.2) is 4.98 Å². The van der Waals surface area contributed by atoms with Crippen LogP contribution in [0.5, 0.6) is 0 Å². The molecule has 1 heterocycles. The average Bonchev–Trinajstić information content (AvgIpc) is 2.78. The first-order valence-electron chi connectivity index (χ1n) is 7.08. The highest BCUT2D eigenvalue weighted by molar-refractivity contribution is 7.99. The van der Waals surface area contributed by atoms with Crippen LogP contribution in [-0.4, -0.2) is 38.6 Å². The number of thioether (sulfide) groups is 1. The number of hydrogen-bond acceptors (Lipinski definition) is 3. The van der Waals surface area contributed by atoms with E-state index in [0.29, 0.717) is 21.0 Å². The van der Waals surface area contributed by atoms with Crippen molar-refractivity contribution in [3.05, 3.63) is 22.2 Å². The highest BCUT2D eigenvalue weighted by Gasteiger charge is 2.20. The minimum Gasteiger partial charge on any atom is -0.337 e. The number of aromatic nitrogens is 2. The zero-order valence-corrected chi connectivity index (χ0v) is 15.3. The summed E-state index contributed by atoms with van der Waals surface area (Å²) in [6, 6.07) is 3.82. The molecule has 0 spiro atoms. The number of aromatic amines is 1. The highest BCUT2D eigenvalue weighted by Crippen LogP contribution is 2.28. The summed E-state index contributed by atoms with van der Waals surface area (Å²) in [5.74, 6) is 0.448. The fraction of sp³-hybridized carbons (Fsp3) is 0.467. The van der Waals surface area contributed by atoms with Crippen LogP contribution in [0.1, 0.15) is 27.7 Å². The second-order valence-electron chi connectivity index (χ2n) is 5.60. The molecule has 2 aromatic rings. The first-order chi connectivity index (χ1) is 10.3. The van der Waals surface area contributed by atoms with E-state index in [-0.39, 0.29) is 18.0 Å². The van der Waals surface area contributed by atoms with Crippen LogP contribution >= 0.6 is 35.0 Å². The molecule has 0 aliphatic heterocycles.